The lowest BCUT2D eigenvalue weighted by Crippen LogP contribution is -2.10. The quantitative estimate of drug-likeness (QED) is 0.687. The van der Waals surface area contributed by atoms with E-state index in [2.05, 4.69) is 10.3 Å². The van der Waals surface area contributed by atoms with Crippen LogP contribution in [0.3, 0.4) is 0 Å². The molecule has 2 aromatic rings. The van der Waals surface area contributed by atoms with E-state index < -0.39 is 0 Å². The van der Waals surface area contributed by atoms with Crippen molar-refractivity contribution in [2.75, 3.05) is 5.32 Å². The van der Waals surface area contributed by atoms with Crippen molar-refractivity contribution in [3.63, 3.8) is 0 Å². The number of rotatable bonds is 1. The number of anilines is 1. The van der Waals surface area contributed by atoms with Crippen molar-refractivity contribution in [1.29, 1.82) is 0 Å². The zero-order valence-corrected chi connectivity index (χ0v) is 13.2. The lowest BCUT2D eigenvalue weighted by molar-refractivity contribution is 1.35. The second-order valence-corrected chi connectivity index (χ2v) is 6.45. The molecule has 0 aromatic heterocycles. The Morgan fingerprint density at radius 3 is 2.65 bits per heavy atom. The van der Waals surface area contributed by atoms with Gasteiger partial charge in [0.1, 0.15) is 0 Å². The Morgan fingerprint density at radius 2 is 1.85 bits per heavy atom. The molecular weight excluding hydrogens is 335 g/mol. The molecule has 0 unspecified atom stereocenters. The third-order valence-electron chi connectivity index (χ3n) is 2.80. The molecule has 3 rings (SSSR count). The minimum Gasteiger partial charge on any atom is -0.335 e. The first-order chi connectivity index (χ1) is 9.61. The number of benzene rings is 2. The minimum atomic E-state index is 0.519. The van der Waals surface area contributed by atoms with Crippen molar-refractivity contribution in [3.8, 4) is 0 Å². The van der Waals surface area contributed by atoms with E-state index in [0.29, 0.717) is 10.0 Å². The Morgan fingerprint density at radius 1 is 1.00 bits per heavy atom. The molecule has 0 fully saturated rings. The average Bonchev–Trinajstić information content (AvgIpc) is 2.43. The Balaban J connectivity index is 1.85. The highest BCUT2D eigenvalue weighted by atomic mass is 35.5. The maximum absolute atomic E-state index is 6.00. The predicted molar refractivity (Wildman–Crippen MR) is 89.9 cm³/mol. The van der Waals surface area contributed by atoms with E-state index >= 15 is 0 Å². The fourth-order valence-corrected chi connectivity index (χ4v) is 3.20. The summed E-state index contributed by atoms with van der Waals surface area (Å²) >= 11 is 19.5. The average molecular weight is 344 g/mol. The normalized spacial score (nSPS) is 13.7. The van der Waals surface area contributed by atoms with Crippen LogP contribution in [0.2, 0.25) is 15.1 Å². The Bertz CT molecular complexity index is 701. The van der Waals surface area contributed by atoms with Crippen LogP contribution < -0.4 is 5.32 Å². The third-order valence-corrected chi connectivity index (χ3v) is 4.70. The molecule has 1 heterocycles. The standard InChI is InChI=1S/C14H9Cl3N2S/c15-9-1-4-13-8(5-9)7-20-14(19-13)18-10-2-3-11(16)12(17)6-10/h1-6H,7H2,(H,18,19). The van der Waals surface area contributed by atoms with Gasteiger partial charge in [0, 0.05) is 16.5 Å². The molecule has 0 saturated heterocycles. The molecular formula is C14H9Cl3N2S. The molecule has 0 saturated carbocycles. The van der Waals surface area contributed by atoms with Gasteiger partial charge in [0.2, 0.25) is 0 Å². The summed E-state index contributed by atoms with van der Waals surface area (Å²) in [6, 6.07) is 11.1. The molecule has 0 bridgehead atoms. The number of nitrogens with one attached hydrogen (secondary N) is 1. The summed E-state index contributed by atoms with van der Waals surface area (Å²) in [6.07, 6.45) is 0. The number of thioether (sulfide) groups is 1. The van der Waals surface area contributed by atoms with Crippen molar-refractivity contribution in [2.24, 2.45) is 4.99 Å². The van der Waals surface area contributed by atoms with Crippen LogP contribution in [0.4, 0.5) is 11.4 Å². The van der Waals surface area contributed by atoms with Gasteiger partial charge in [-0.1, -0.05) is 46.6 Å². The zero-order chi connectivity index (χ0) is 14.1. The van der Waals surface area contributed by atoms with Crippen molar-refractivity contribution < 1.29 is 0 Å². The highest BCUT2D eigenvalue weighted by molar-refractivity contribution is 8.13. The fraction of sp³-hybridized carbons (Fsp3) is 0.0714. The van der Waals surface area contributed by atoms with Gasteiger partial charge in [0.05, 0.1) is 15.7 Å². The van der Waals surface area contributed by atoms with Crippen LogP contribution in [0.15, 0.2) is 41.4 Å². The van der Waals surface area contributed by atoms with Gasteiger partial charge in [-0.05, 0) is 42.0 Å². The Kier molecular flexibility index (Phi) is 4.13. The number of amidine groups is 1. The van der Waals surface area contributed by atoms with Crippen molar-refractivity contribution >= 4 is 63.1 Å². The van der Waals surface area contributed by atoms with Gasteiger partial charge in [-0.3, -0.25) is 0 Å². The predicted octanol–water partition coefficient (Wildman–Crippen LogP) is 5.99. The van der Waals surface area contributed by atoms with Gasteiger partial charge in [-0.2, -0.15) is 0 Å². The van der Waals surface area contributed by atoms with Crippen LogP contribution in [0, 0.1) is 0 Å². The molecule has 0 aliphatic carbocycles. The van der Waals surface area contributed by atoms with Crippen LogP contribution in [0.1, 0.15) is 5.56 Å². The van der Waals surface area contributed by atoms with Gasteiger partial charge in [-0.15, -0.1) is 0 Å². The summed E-state index contributed by atoms with van der Waals surface area (Å²) in [4.78, 5) is 4.57. The first-order valence-corrected chi connectivity index (χ1v) is 7.96. The molecule has 1 aliphatic rings. The summed E-state index contributed by atoms with van der Waals surface area (Å²) in [5, 5.41) is 5.87. The van der Waals surface area contributed by atoms with Gasteiger partial charge in [-0.25, -0.2) is 4.99 Å². The third kappa shape index (κ3) is 3.07. The zero-order valence-electron chi connectivity index (χ0n) is 10.2. The van der Waals surface area contributed by atoms with Crippen molar-refractivity contribution in [2.45, 2.75) is 5.75 Å². The van der Waals surface area contributed by atoms with Gasteiger partial charge < -0.3 is 5.32 Å². The van der Waals surface area contributed by atoms with Crippen LogP contribution in [0.25, 0.3) is 0 Å². The van der Waals surface area contributed by atoms with Gasteiger partial charge in [0.25, 0.3) is 0 Å². The molecule has 0 amide bonds. The number of halogens is 3. The molecule has 20 heavy (non-hydrogen) atoms. The molecule has 1 N–H and O–H groups in total. The SMILES string of the molecule is Clc1ccc2c(c1)CSC(Nc1ccc(Cl)c(Cl)c1)=N2. The number of aliphatic imine (C=N–C) groups is 1. The molecule has 0 atom stereocenters. The molecule has 0 spiro atoms. The number of nitrogens with zero attached hydrogens (tertiary/aromatic N) is 1. The second kappa shape index (κ2) is 5.86. The van der Waals surface area contributed by atoms with Crippen LogP contribution >= 0.6 is 46.6 Å². The minimum absolute atomic E-state index is 0.519. The van der Waals surface area contributed by atoms with E-state index in [-0.39, 0.29) is 0 Å². The smallest absolute Gasteiger partial charge is 0.166 e. The largest absolute Gasteiger partial charge is 0.335 e. The van der Waals surface area contributed by atoms with E-state index in [1.165, 1.54) is 0 Å². The number of hydrogen-bond acceptors (Lipinski definition) is 3. The van der Waals surface area contributed by atoms with E-state index in [1.807, 2.05) is 24.3 Å². The molecule has 2 nitrogen and oxygen atoms in total. The summed E-state index contributed by atoms with van der Waals surface area (Å²) in [5.41, 5.74) is 2.95. The number of fused-ring (bicyclic) bond motifs is 1. The highest BCUT2D eigenvalue weighted by Crippen LogP contribution is 2.33. The topological polar surface area (TPSA) is 24.4 Å². The van der Waals surface area contributed by atoms with Gasteiger partial charge >= 0.3 is 0 Å². The summed E-state index contributed by atoms with van der Waals surface area (Å²) in [6.45, 7) is 0. The molecule has 102 valence electrons. The maximum Gasteiger partial charge on any atom is 0.166 e. The lowest BCUT2D eigenvalue weighted by atomic mass is 10.2. The lowest BCUT2D eigenvalue weighted by Gasteiger charge is -2.16. The number of hydrogen-bond donors (Lipinski definition) is 1. The molecule has 0 radical (unpaired) electrons. The fourth-order valence-electron chi connectivity index (χ4n) is 1.83. The first-order valence-electron chi connectivity index (χ1n) is 5.84. The molecule has 1 aliphatic heterocycles. The van der Waals surface area contributed by atoms with E-state index in [9.17, 15) is 0 Å². The van der Waals surface area contributed by atoms with Crippen LogP contribution in [-0.2, 0) is 5.75 Å². The maximum atomic E-state index is 6.00. The monoisotopic (exact) mass is 342 g/mol. The van der Waals surface area contributed by atoms with Crippen molar-refractivity contribution in [1.82, 2.24) is 0 Å². The Hall–Kier alpha value is -0.870. The second-order valence-electron chi connectivity index (χ2n) is 4.23. The van der Waals surface area contributed by atoms with E-state index in [0.717, 1.165) is 32.9 Å². The van der Waals surface area contributed by atoms with Crippen molar-refractivity contribution in [3.05, 3.63) is 57.0 Å². The van der Waals surface area contributed by atoms with E-state index in [4.69, 9.17) is 34.8 Å². The summed E-state index contributed by atoms with van der Waals surface area (Å²) < 4.78 is 0. The summed E-state index contributed by atoms with van der Waals surface area (Å²) in [7, 11) is 0. The molecule has 2 aromatic carbocycles. The van der Waals surface area contributed by atoms with E-state index in [1.54, 1.807) is 23.9 Å². The van der Waals surface area contributed by atoms with Gasteiger partial charge in [0.15, 0.2) is 5.17 Å². The first kappa shape index (κ1) is 14.1. The highest BCUT2D eigenvalue weighted by Gasteiger charge is 2.13. The van der Waals surface area contributed by atoms with Crippen LogP contribution in [0.5, 0.6) is 0 Å². The summed E-state index contributed by atoms with van der Waals surface area (Å²) in [5.74, 6) is 0.836. The Labute approximate surface area is 136 Å². The van der Waals surface area contributed by atoms with Crippen LogP contribution in [-0.4, -0.2) is 5.17 Å². The molecule has 6 heteroatoms.